The van der Waals surface area contributed by atoms with Gasteiger partial charge in [-0.25, -0.2) is 4.79 Å². The van der Waals surface area contributed by atoms with Crippen molar-refractivity contribution in [1.29, 1.82) is 0 Å². The van der Waals surface area contributed by atoms with Gasteiger partial charge in [0.15, 0.2) is 5.96 Å². The molecule has 18 N–H and O–H groups in total. The normalized spacial score (nSPS) is 14.4. The van der Waals surface area contributed by atoms with Gasteiger partial charge in [0, 0.05) is 13.0 Å². The Bertz CT molecular complexity index is 1520. The van der Waals surface area contributed by atoms with Crippen molar-refractivity contribution in [2.24, 2.45) is 39.8 Å². The Morgan fingerprint density at radius 3 is 1.76 bits per heavy atom. The SMILES string of the molecule is CC[C@H](C)[C@H](NC(=O)[C@H](CC(C)C)NC(=O)[C@H](CCC(=O)O)NC(=O)CNC(=O)CNC(=O)[C@H](CC(N)=O)NC(=O)[C@@H](N)CO)C(=O)N[C@@H](CCCN=C(N)N)C(=O)O. The van der Waals surface area contributed by atoms with Crippen molar-refractivity contribution in [3.63, 3.8) is 0 Å². The molecule has 0 spiro atoms. The highest BCUT2D eigenvalue weighted by Gasteiger charge is 2.34. The minimum atomic E-state index is -1.55. The molecule has 0 saturated carbocycles. The van der Waals surface area contributed by atoms with E-state index in [9.17, 15) is 58.2 Å². The molecule has 0 saturated heterocycles. The Labute approximate surface area is 340 Å². The van der Waals surface area contributed by atoms with E-state index in [-0.39, 0.29) is 37.7 Å². The van der Waals surface area contributed by atoms with Crippen LogP contribution in [0.15, 0.2) is 4.99 Å². The number of carboxylic acid groups (broad SMARTS) is 2. The van der Waals surface area contributed by atoms with E-state index in [1.165, 1.54) is 0 Å². The van der Waals surface area contributed by atoms with Crippen LogP contribution in [0.3, 0.4) is 0 Å². The van der Waals surface area contributed by atoms with Gasteiger partial charge >= 0.3 is 11.9 Å². The van der Waals surface area contributed by atoms with Gasteiger partial charge in [0.25, 0.3) is 0 Å². The number of hydrogen-bond acceptors (Lipinski definition) is 13. The topological polar surface area (TPSA) is 432 Å². The average Bonchev–Trinajstić information content (AvgIpc) is 3.15. The first-order valence-corrected chi connectivity index (χ1v) is 18.7. The summed E-state index contributed by atoms with van der Waals surface area (Å²) >= 11 is 0. The number of aliphatic carboxylic acids is 2. The highest BCUT2D eigenvalue weighted by molar-refractivity contribution is 5.97. The number of amides is 8. The molecule has 0 aromatic carbocycles. The molecular formula is C34H60N12O13. The minimum absolute atomic E-state index is 0.0224. The van der Waals surface area contributed by atoms with Crippen LogP contribution < -0.4 is 60.2 Å². The molecule has 25 heteroatoms. The molecule has 25 nitrogen and oxygen atoms in total. The Morgan fingerprint density at radius 1 is 0.661 bits per heavy atom. The summed E-state index contributed by atoms with van der Waals surface area (Å²) in [5, 5.41) is 44.2. The molecule has 0 rings (SSSR count). The number of carbonyl (C=O) groups is 10. The van der Waals surface area contributed by atoms with Crippen LogP contribution in [0.25, 0.3) is 0 Å². The molecule has 0 radical (unpaired) electrons. The van der Waals surface area contributed by atoms with Crippen LogP contribution in [0.1, 0.15) is 72.6 Å². The van der Waals surface area contributed by atoms with Crippen LogP contribution in [0.4, 0.5) is 0 Å². The number of carbonyl (C=O) groups excluding carboxylic acids is 8. The smallest absolute Gasteiger partial charge is 0.326 e. The first kappa shape index (κ1) is 52.9. The molecule has 334 valence electrons. The fraction of sp³-hybridized carbons (Fsp3) is 0.676. The van der Waals surface area contributed by atoms with E-state index in [4.69, 9.17) is 28.0 Å². The highest BCUT2D eigenvalue weighted by Crippen LogP contribution is 2.13. The quantitative estimate of drug-likeness (QED) is 0.0189. The van der Waals surface area contributed by atoms with E-state index in [0.29, 0.717) is 6.42 Å². The number of aliphatic hydroxyl groups excluding tert-OH is 1. The Kier molecular flexibility index (Phi) is 24.7. The molecule has 0 bridgehead atoms. The van der Waals surface area contributed by atoms with E-state index in [2.05, 4.69) is 42.2 Å². The lowest BCUT2D eigenvalue weighted by atomic mass is 9.96. The number of guanidine groups is 1. The van der Waals surface area contributed by atoms with Crippen LogP contribution >= 0.6 is 0 Å². The zero-order chi connectivity index (χ0) is 45.4. The molecule has 0 aliphatic heterocycles. The van der Waals surface area contributed by atoms with Gasteiger partial charge in [-0.05, 0) is 37.5 Å². The molecule has 0 heterocycles. The van der Waals surface area contributed by atoms with Crippen molar-refractivity contribution in [1.82, 2.24) is 37.2 Å². The van der Waals surface area contributed by atoms with Gasteiger partial charge < -0.3 is 75.5 Å². The second-order valence-electron chi connectivity index (χ2n) is 14.0. The van der Waals surface area contributed by atoms with E-state index in [1.807, 2.05) is 0 Å². The summed E-state index contributed by atoms with van der Waals surface area (Å²) in [6.45, 7) is 4.68. The number of nitrogens with one attached hydrogen (secondary N) is 7. The first-order chi connectivity index (χ1) is 27.5. The monoisotopic (exact) mass is 844 g/mol. The van der Waals surface area contributed by atoms with Gasteiger partial charge in [-0.3, -0.25) is 48.1 Å². The largest absolute Gasteiger partial charge is 0.481 e. The predicted molar refractivity (Wildman–Crippen MR) is 208 cm³/mol. The number of aliphatic imine (C=N–C) groups is 1. The van der Waals surface area contributed by atoms with Crippen molar-refractivity contribution < 1.29 is 63.3 Å². The zero-order valence-corrected chi connectivity index (χ0v) is 33.6. The lowest BCUT2D eigenvalue weighted by Crippen LogP contribution is -2.59. The number of nitrogens with zero attached hydrogens (tertiary/aromatic N) is 1. The summed E-state index contributed by atoms with van der Waals surface area (Å²) in [5.74, 6) is -11.1. The standard InChI is InChI=1S/C34H60N12O13/c1-5-17(4)27(32(57)43-20(33(58)59)7-6-10-39-34(37)38)46-31(56)21(11-16(2)3)45-30(55)19(8-9-26(51)52)42-25(50)14-40-24(49)13-41-29(54)22(12-23(36)48)44-28(53)18(35)15-47/h16-22,27,47H,5-15,35H2,1-4H3,(H2,36,48)(H,40,49)(H,41,54)(H,42,50)(H,43,57)(H,44,53)(H,45,55)(H,46,56)(H,51,52)(H,58,59)(H4,37,38,39)/t17-,18-,19-,20-,21-,22-,27-/m0/s1. The first-order valence-electron chi connectivity index (χ1n) is 18.7. The van der Waals surface area contributed by atoms with Crippen molar-refractivity contribution in [2.45, 2.75) is 109 Å². The van der Waals surface area contributed by atoms with E-state index >= 15 is 0 Å². The van der Waals surface area contributed by atoms with Crippen molar-refractivity contribution in [3.05, 3.63) is 0 Å². The summed E-state index contributed by atoms with van der Waals surface area (Å²) in [6, 6.07) is -8.40. The van der Waals surface area contributed by atoms with Gasteiger partial charge in [0.2, 0.25) is 47.3 Å². The third-order valence-electron chi connectivity index (χ3n) is 8.43. The average molecular weight is 845 g/mol. The van der Waals surface area contributed by atoms with Crippen LogP contribution in [-0.4, -0.2) is 143 Å². The van der Waals surface area contributed by atoms with Crippen LogP contribution in [-0.2, 0) is 47.9 Å². The third kappa shape index (κ3) is 22.4. The van der Waals surface area contributed by atoms with Gasteiger partial charge in [0.05, 0.1) is 26.1 Å². The summed E-state index contributed by atoms with van der Waals surface area (Å²) in [7, 11) is 0. The summed E-state index contributed by atoms with van der Waals surface area (Å²) in [6.07, 6.45) is -1.14. The van der Waals surface area contributed by atoms with Gasteiger partial charge in [-0.15, -0.1) is 0 Å². The van der Waals surface area contributed by atoms with Crippen LogP contribution in [0, 0.1) is 11.8 Å². The summed E-state index contributed by atoms with van der Waals surface area (Å²) < 4.78 is 0. The molecule has 0 unspecified atom stereocenters. The molecule has 0 fully saturated rings. The minimum Gasteiger partial charge on any atom is -0.481 e. The van der Waals surface area contributed by atoms with Crippen molar-refractivity contribution in [3.8, 4) is 0 Å². The molecule has 0 aromatic heterocycles. The van der Waals surface area contributed by atoms with Crippen LogP contribution in [0.5, 0.6) is 0 Å². The second kappa shape index (κ2) is 27.5. The maximum Gasteiger partial charge on any atom is 0.326 e. The fourth-order valence-corrected chi connectivity index (χ4v) is 5.04. The molecule has 7 atom stereocenters. The van der Waals surface area contributed by atoms with Gasteiger partial charge in [0.1, 0.15) is 36.3 Å². The van der Waals surface area contributed by atoms with Crippen molar-refractivity contribution in [2.75, 3.05) is 26.2 Å². The Morgan fingerprint density at radius 2 is 1.24 bits per heavy atom. The summed E-state index contributed by atoms with van der Waals surface area (Å²) in [4.78, 5) is 129. The maximum atomic E-state index is 13.7. The van der Waals surface area contributed by atoms with Gasteiger partial charge in [-0.1, -0.05) is 34.1 Å². The third-order valence-corrected chi connectivity index (χ3v) is 8.43. The Hall–Kier alpha value is -6.11. The fourth-order valence-electron chi connectivity index (χ4n) is 5.04. The molecular weight excluding hydrogens is 784 g/mol. The number of aliphatic hydroxyl groups is 1. The molecule has 59 heavy (non-hydrogen) atoms. The molecule has 8 amide bonds. The molecule has 0 aliphatic carbocycles. The maximum absolute atomic E-state index is 13.7. The Balaban J connectivity index is 5.81. The number of hydrogen-bond donors (Lipinski definition) is 14. The lowest BCUT2D eigenvalue weighted by Gasteiger charge is -2.29. The molecule has 0 aromatic rings. The lowest BCUT2D eigenvalue weighted by molar-refractivity contribution is -0.143. The number of rotatable bonds is 29. The van der Waals surface area contributed by atoms with Crippen LogP contribution in [0.2, 0.25) is 0 Å². The van der Waals surface area contributed by atoms with Crippen molar-refractivity contribution >= 4 is 65.2 Å². The predicted octanol–water partition coefficient (Wildman–Crippen LogP) is -6.07. The molecule has 0 aliphatic rings. The number of nitrogens with two attached hydrogens (primary N) is 4. The highest BCUT2D eigenvalue weighted by atomic mass is 16.4. The zero-order valence-electron chi connectivity index (χ0n) is 33.6. The van der Waals surface area contributed by atoms with Gasteiger partial charge in [-0.2, -0.15) is 0 Å². The van der Waals surface area contributed by atoms with E-state index in [1.54, 1.807) is 27.7 Å². The van der Waals surface area contributed by atoms with E-state index in [0.717, 1.165) is 0 Å². The number of primary amides is 1. The number of carboxylic acids is 2. The van der Waals surface area contributed by atoms with E-state index < -0.39 is 140 Å². The second-order valence-corrected chi connectivity index (χ2v) is 14.0. The summed E-state index contributed by atoms with van der Waals surface area (Å²) in [5.41, 5.74) is 21.1.